The summed E-state index contributed by atoms with van der Waals surface area (Å²) in [6.07, 6.45) is 52.5. The second-order valence-corrected chi connectivity index (χ2v) is 15.3. The highest BCUT2D eigenvalue weighted by Crippen LogP contribution is 2.36. The van der Waals surface area contributed by atoms with Gasteiger partial charge in [0.05, 0.1) is 12.7 Å². The summed E-state index contributed by atoms with van der Waals surface area (Å²) >= 11 is 0. The highest BCUT2D eigenvalue weighted by molar-refractivity contribution is 4.83. The average molecular weight is 660 g/mol. The normalized spacial score (nSPS) is 16.5. The Bertz CT molecular complexity index is 644. The summed E-state index contributed by atoms with van der Waals surface area (Å²) in [5, 5.41) is 0. The molecule has 3 heteroatoms. The number of hydrogen-bond donors (Lipinski definition) is 0. The molecule has 1 aliphatic heterocycles. The molecule has 1 heterocycles. The zero-order valence-electron chi connectivity index (χ0n) is 32.7. The van der Waals surface area contributed by atoms with E-state index in [1.54, 1.807) is 0 Å². The van der Waals surface area contributed by atoms with Crippen LogP contribution in [0.1, 0.15) is 219 Å². The summed E-state index contributed by atoms with van der Waals surface area (Å²) in [5.74, 6) is -0.301. The highest BCUT2D eigenvalue weighted by Gasteiger charge is 2.40. The second kappa shape index (κ2) is 33.8. The van der Waals surface area contributed by atoms with Crippen molar-refractivity contribution in [2.75, 3.05) is 27.2 Å². The third-order valence-corrected chi connectivity index (χ3v) is 10.2. The molecule has 0 radical (unpaired) electrons. The van der Waals surface area contributed by atoms with E-state index in [4.69, 9.17) is 9.47 Å². The summed E-state index contributed by atoms with van der Waals surface area (Å²) in [6.45, 7) is 6.52. The van der Waals surface area contributed by atoms with Gasteiger partial charge in [-0.25, -0.2) is 0 Å². The minimum absolute atomic E-state index is 0.290. The predicted octanol–water partition coefficient (Wildman–Crippen LogP) is 14.3. The molecule has 0 saturated carbocycles. The molecule has 1 unspecified atom stereocenters. The molecular formula is C44H85NO2. The fourth-order valence-corrected chi connectivity index (χ4v) is 7.06. The maximum atomic E-state index is 6.72. The van der Waals surface area contributed by atoms with E-state index in [1.807, 2.05) is 0 Å². The molecule has 0 aromatic heterocycles. The minimum atomic E-state index is -0.301. The molecule has 0 aromatic rings. The molecule has 1 atom stereocenters. The van der Waals surface area contributed by atoms with E-state index in [-0.39, 0.29) is 11.9 Å². The van der Waals surface area contributed by atoms with E-state index in [0.717, 1.165) is 32.4 Å². The quantitative estimate of drug-likeness (QED) is 0.0493. The first-order valence-corrected chi connectivity index (χ1v) is 21.4. The number of rotatable bonds is 36. The number of unbranched alkanes of at least 4 members (excludes halogenated alkanes) is 24. The lowest BCUT2D eigenvalue weighted by Crippen LogP contribution is -2.31. The fourth-order valence-electron chi connectivity index (χ4n) is 7.06. The lowest BCUT2D eigenvalue weighted by atomic mass is 9.98. The van der Waals surface area contributed by atoms with Gasteiger partial charge in [0.2, 0.25) is 0 Å². The SMILES string of the molecule is CCCCCCCC/C=C\CCCCCCCCC1(CCCCCCCC/C=C\CCCCCCCC)OCC(CCCN(C)C)O1. The molecule has 1 fully saturated rings. The van der Waals surface area contributed by atoms with Gasteiger partial charge in [-0.15, -0.1) is 0 Å². The van der Waals surface area contributed by atoms with Crippen LogP contribution >= 0.6 is 0 Å². The Kier molecular flexibility index (Phi) is 32.0. The van der Waals surface area contributed by atoms with Crippen LogP contribution in [0.2, 0.25) is 0 Å². The summed E-state index contributed by atoms with van der Waals surface area (Å²) in [7, 11) is 4.33. The smallest absolute Gasteiger partial charge is 0.168 e. The molecule has 1 saturated heterocycles. The molecular weight excluding hydrogens is 574 g/mol. The first-order chi connectivity index (χ1) is 23.1. The van der Waals surface area contributed by atoms with Gasteiger partial charge in [0.15, 0.2) is 5.79 Å². The Balaban J connectivity index is 2.15. The molecule has 0 spiro atoms. The van der Waals surface area contributed by atoms with Crippen LogP contribution in [0.5, 0.6) is 0 Å². The van der Waals surface area contributed by atoms with Crippen LogP contribution in [0, 0.1) is 0 Å². The Labute approximate surface area is 296 Å². The molecule has 3 nitrogen and oxygen atoms in total. The molecule has 0 aliphatic carbocycles. The van der Waals surface area contributed by atoms with Crippen molar-refractivity contribution >= 4 is 0 Å². The Morgan fingerprint density at radius 3 is 1.23 bits per heavy atom. The largest absolute Gasteiger partial charge is 0.347 e. The Hall–Kier alpha value is -0.640. The number of hydrogen-bond acceptors (Lipinski definition) is 3. The number of allylic oxidation sites excluding steroid dienone is 4. The van der Waals surface area contributed by atoms with Gasteiger partial charge in [0.1, 0.15) is 0 Å². The van der Waals surface area contributed by atoms with E-state index >= 15 is 0 Å². The van der Waals surface area contributed by atoms with Crippen molar-refractivity contribution in [1.82, 2.24) is 4.90 Å². The zero-order valence-corrected chi connectivity index (χ0v) is 32.7. The van der Waals surface area contributed by atoms with E-state index < -0.39 is 0 Å². The zero-order chi connectivity index (χ0) is 33.9. The first kappa shape index (κ1) is 44.4. The van der Waals surface area contributed by atoms with Crippen molar-refractivity contribution in [3.8, 4) is 0 Å². The van der Waals surface area contributed by atoms with Gasteiger partial charge in [0.25, 0.3) is 0 Å². The first-order valence-electron chi connectivity index (χ1n) is 21.4. The minimum Gasteiger partial charge on any atom is -0.347 e. The van der Waals surface area contributed by atoms with Gasteiger partial charge < -0.3 is 14.4 Å². The van der Waals surface area contributed by atoms with Crippen molar-refractivity contribution in [1.29, 1.82) is 0 Å². The van der Waals surface area contributed by atoms with E-state index in [9.17, 15) is 0 Å². The Morgan fingerprint density at radius 2 is 0.851 bits per heavy atom. The molecule has 0 bridgehead atoms. The van der Waals surface area contributed by atoms with Gasteiger partial charge in [-0.2, -0.15) is 0 Å². The van der Waals surface area contributed by atoms with E-state index in [0.29, 0.717) is 0 Å². The topological polar surface area (TPSA) is 21.7 Å². The Morgan fingerprint density at radius 1 is 0.489 bits per heavy atom. The molecule has 0 aromatic carbocycles. The number of ether oxygens (including phenoxy) is 2. The molecule has 1 rings (SSSR count). The van der Waals surface area contributed by atoms with Crippen LogP contribution in [-0.4, -0.2) is 44.0 Å². The van der Waals surface area contributed by atoms with Gasteiger partial charge in [-0.3, -0.25) is 0 Å². The lowest BCUT2D eigenvalue weighted by molar-refractivity contribution is -0.180. The molecule has 1 aliphatic rings. The van der Waals surface area contributed by atoms with Gasteiger partial charge >= 0.3 is 0 Å². The highest BCUT2D eigenvalue weighted by atomic mass is 16.7. The van der Waals surface area contributed by atoms with Gasteiger partial charge in [-0.1, -0.05) is 154 Å². The molecule has 47 heavy (non-hydrogen) atoms. The van der Waals surface area contributed by atoms with Gasteiger partial charge in [0, 0.05) is 12.8 Å². The maximum absolute atomic E-state index is 6.72. The molecule has 278 valence electrons. The summed E-state index contributed by atoms with van der Waals surface area (Å²) in [4.78, 5) is 2.28. The van der Waals surface area contributed by atoms with Crippen LogP contribution in [0.3, 0.4) is 0 Å². The van der Waals surface area contributed by atoms with Crippen LogP contribution in [-0.2, 0) is 9.47 Å². The summed E-state index contributed by atoms with van der Waals surface area (Å²) in [6, 6.07) is 0. The van der Waals surface area contributed by atoms with Crippen molar-refractivity contribution in [3.05, 3.63) is 24.3 Å². The predicted molar refractivity (Wildman–Crippen MR) is 209 cm³/mol. The van der Waals surface area contributed by atoms with Crippen molar-refractivity contribution in [2.45, 2.75) is 231 Å². The standard InChI is InChI=1S/C44H85NO2/c1-5-7-9-11-13-15-17-19-21-23-25-27-29-31-33-35-39-44(46-42-43(47-44)38-37-41-45(3)4)40-36-34-32-30-28-26-24-22-20-18-16-14-12-10-8-6-2/h19-22,43H,5-18,23-42H2,1-4H3/b21-19-,22-20-. The fraction of sp³-hybridized carbons (Fsp3) is 0.909. The van der Waals surface area contributed by atoms with Crippen LogP contribution < -0.4 is 0 Å². The molecule has 0 N–H and O–H groups in total. The van der Waals surface area contributed by atoms with E-state index in [2.05, 4.69) is 57.1 Å². The van der Waals surface area contributed by atoms with Crippen molar-refractivity contribution in [3.63, 3.8) is 0 Å². The third kappa shape index (κ3) is 28.9. The van der Waals surface area contributed by atoms with Crippen LogP contribution in [0.15, 0.2) is 24.3 Å². The van der Waals surface area contributed by atoms with Crippen molar-refractivity contribution < 1.29 is 9.47 Å². The lowest BCUT2D eigenvalue weighted by Gasteiger charge is -2.28. The summed E-state index contributed by atoms with van der Waals surface area (Å²) < 4.78 is 13.2. The van der Waals surface area contributed by atoms with Gasteiger partial charge in [-0.05, 0) is 97.7 Å². The monoisotopic (exact) mass is 660 g/mol. The van der Waals surface area contributed by atoms with Crippen LogP contribution in [0.4, 0.5) is 0 Å². The van der Waals surface area contributed by atoms with E-state index in [1.165, 1.54) is 186 Å². The van der Waals surface area contributed by atoms with Crippen LogP contribution in [0.25, 0.3) is 0 Å². The summed E-state index contributed by atoms with van der Waals surface area (Å²) in [5.41, 5.74) is 0. The average Bonchev–Trinajstić information content (AvgIpc) is 3.47. The number of nitrogens with zero attached hydrogens (tertiary/aromatic N) is 1. The second-order valence-electron chi connectivity index (χ2n) is 15.3. The third-order valence-electron chi connectivity index (χ3n) is 10.2. The molecule has 0 amide bonds. The maximum Gasteiger partial charge on any atom is 0.168 e. The van der Waals surface area contributed by atoms with Crippen molar-refractivity contribution in [2.24, 2.45) is 0 Å².